The average Bonchev–Trinajstić information content (AvgIpc) is 3.07. The molecule has 0 saturated carbocycles. The number of benzene rings is 2. The zero-order valence-electron chi connectivity index (χ0n) is 15.7. The van der Waals surface area contributed by atoms with Crippen LogP contribution in [0.3, 0.4) is 0 Å². The second kappa shape index (κ2) is 7.31. The van der Waals surface area contributed by atoms with Crippen LogP contribution < -0.4 is 5.32 Å². The minimum atomic E-state index is -3.82. The minimum Gasteiger partial charge on any atom is -0.386 e. The third kappa shape index (κ3) is 3.98. The Morgan fingerprint density at radius 3 is 2.37 bits per heavy atom. The Labute approximate surface area is 160 Å². The number of nitrogens with one attached hydrogen (secondary N) is 1. The summed E-state index contributed by atoms with van der Waals surface area (Å²) in [4.78, 5) is 0.144. The summed E-state index contributed by atoms with van der Waals surface area (Å²) in [6.07, 6.45) is 1.64. The van der Waals surface area contributed by atoms with E-state index in [1.807, 2.05) is 43.4 Å². The summed E-state index contributed by atoms with van der Waals surface area (Å²) in [5.41, 5.74) is 1.73. The summed E-state index contributed by atoms with van der Waals surface area (Å²) >= 11 is 0. The fraction of sp³-hybridized carbons (Fsp3) is 0.238. The lowest BCUT2D eigenvalue weighted by atomic mass is 9.99. The Morgan fingerprint density at radius 2 is 1.74 bits per heavy atom. The van der Waals surface area contributed by atoms with Crippen molar-refractivity contribution in [3.05, 3.63) is 78.0 Å². The zero-order chi connectivity index (χ0) is 19.7. The van der Waals surface area contributed by atoms with Crippen molar-refractivity contribution in [3.8, 4) is 11.3 Å². The van der Waals surface area contributed by atoms with Crippen molar-refractivity contribution in [1.82, 2.24) is 9.29 Å². The monoisotopic (exact) mass is 384 g/mol. The minimum absolute atomic E-state index is 0.144. The van der Waals surface area contributed by atoms with Gasteiger partial charge in [0.1, 0.15) is 0 Å². The van der Waals surface area contributed by atoms with Crippen LogP contribution in [0.15, 0.2) is 71.8 Å². The molecule has 0 amide bonds. The van der Waals surface area contributed by atoms with Gasteiger partial charge in [0.05, 0.1) is 16.2 Å². The first-order chi connectivity index (χ1) is 12.7. The molecule has 1 aromatic heterocycles. The van der Waals surface area contributed by atoms with Gasteiger partial charge >= 0.3 is 0 Å². The molecule has 0 saturated heterocycles. The van der Waals surface area contributed by atoms with E-state index in [4.69, 9.17) is 0 Å². The second-order valence-electron chi connectivity index (χ2n) is 7.02. The van der Waals surface area contributed by atoms with E-state index in [1.54, 1.807) is 38.2 Å². The van der Waals surface area contributed by atoms with Crippen LogP contribution in [-0.2, 0) is 22.2 Å². The lowest BCUT2D eigenvalue weighted by Gasteiger charge is -2.19. The first kappa shape index (κ1) is 19.4. The van der Waals surface area contributed by atoms with Crippen LogP contribution in [0.25, 0.3) is 11.3 Å². The number of nitrogens with zero attached hydrogens (tertiary/aromatic N) is 1. The molecular formula is C21H24N2O3S. The van der Waals surface area contributed by atoms with Crippen LogP contribution in [0.5, 0.6) is 0 Å². The predicted octanol–water partition coefficient (Wildman–Crippen LogP) is 3.34. The Bertz CT molecular complexity index is 1030. The largest absolute Gasteiger partial charge is 0.386 e. The van der Waals surface area contributed by atoms with Gasteiger partial charge in [-0.1, -0.05) is 42.5 Å². The van der Waals surface area contributed by atoms with Crippen LogP contribution >= 0.6 is 0 Å². The Balaban J connectivity index is 2.17. The molecule has 3 aromatic rings. The van der Waals surface area contributed by atoms with Crippen molar-refractivity contribution in [2.24, 2.45) is 0 Å². The van der Waals surface area contributed by atoms with E-state index in [-0.39, 0.29) is 4.90 Å². The molecule has 5 nitrogen and oxygen atoms in total. The molecular weight excluding hydrogens is 360 g/mol. The highest BCUT2D eigenvalue weighted by Gasteiger charge is 2.24. The molecule has 142 valence electrons. The quantitative estimate of drug-likeness (QED) is 0.684. The SMILES string of the molecule is CNCc1cc(-c2ccccc2)n(S(=O)(=O)c2cccc(C(C)(C)O)c2)c1. The van der Waals surface area contributed by atoms with Crippen LogP contribution in [-0.4, -0.2) is 24.5 Å². The summed E-state index contributed by atoms with van der Waals surface area (Å²) in [7, 11) is -2.00. The molecule has 0 radical (unpaired) electrons. The second-order valence-corrected chi connectivity index (χ2v) is 8.83. The molecule has 2 N–H and O–H groups in total. The van der Waals surface area contributed by atoms with E-state index >= 15 is 0 Å². The van der Waals surface area contributed by atoms with E-state index in [0.29, 0.717) is 17.8 Å². The lowest BCUT2D eigenvalue weighted by Crippen LogP contribution is -2.18. The van der Waals surface area contributed by atoms with Crippen LogP contribution in [0, 0.1) is 0 Å². The number of hydrogen-bond donors (Lipinski definition) is 2. The van der Waals surface area contributed by atoms with Crippen molar-refractivity contribution in [1.29, 1.82) is 0 Å². The smallest absolute Gasteiger partial charge is 0.268 e. The van der Waals surface area contributed by atoms with Crippen molar-refractivity contribution < 1.29 is 13.5 Å². The third-order valence-corrected chi connectivity index (χ3v) is 6.06. The average molecular weight is 385 g/mol. The molecule has 0 aliphatic heterocycles. The van der Waals surface area contributed by atoms with E-state index in [1.165, 1.54) is 10.0 Å². The van der Waals surface area contributed by atoms with Gasteiger partial charge in [-0.05, 0) is 55.8 Å². The number of aromatic nitrogens is 1. The van der Waals surface area contributed by atoms with E-state index in [9.17, 15) is 13.5 Å². The number of rotatable bonds is 6. The van der Waals surface area contributed by atoms with Crippen molar-refractivity contribution >= 4 is 10.0 Å². The van der Waals surface area contributed by atoms with E-state index in [0.717, 1.165) is 11.1 Å². The first-order valence-electron chi connectivity index (χ1n) is 8.73. The van der Waals surface area contributed by atoms with Crippen molar-refractivity contribution in [2.75, 3.05) is 7.05 Å². The molecule has 0 aliphatic carbocycles. The third-order valence-electron chi connectivity index (χ3n) is 4.39. The Morgan fingerprint density at radius 1 is 1.04 bits per heavy atom. The molecule has 3 rings (SSSR count). The highest BCUT2D eigenvalue weighted by molar-refractivity contribution is 7.90. The molecule has 0 bridgehead atoms. The molecule has 0 atom stereocenters. The molecule has 6 heteroatoms. The van der Waals surface area contributed by atoms with Gasteiger partial charge in [-0.15, -0.1) is 0 Å². The zero-order valence-corrected chi connectivity index (χ0v) is 16.5. The molecule has 0 spiro atoms. The molecule has 0 aliphatic rings. The highest BCUT2D eigenvalue weighted by Crippen LogP contribution is 2.29. The first-order valence-corrected chi connectivity index (χ1v) is 10.2. The lowest BCUT2D eigenvalue weighted by molar-refractivity contribution is 0.0784. The highest BCUT2D eigenvalue weighted by atomic mass is 32.2. The summed E-state index contributed by atoms with van der Waals surface area (Å²) < 4.78 is 28.1. The molecule has 1 heterocycles. The fourth-order valence-electron chi connectivity index (χ4n) is 2.97. The Hall–Kier alpha value is -2.41. The number of hydrogen-bond acceptors (Lipinski definition) is 4. The van der Waals surface area contributed by atoms with Gasteiger partial charge in [-0.2, -0.15) is 0 Å². The summed E-state index contributed by atoms with van der Waals surface area (Å²) in [6.45, 7) is 3.83. The topological polar surface area (TPSA) is 71.3 Å². The maximum atomic E-state index is 13.4. The van der Waals surface area contributed by atoms with Gasteiger partial charge in [0.2, 0.25) is 0 Å². The fourth-order valence-corrected chi connectivity index (χ4v) is 4.41. The Kier molecular flexibility index (Phi) is 5.24. The summed E-state index contributed by atoms with van der Waals surface area (Å²) in [5, 5.41) is 13.3. The van der Waals surface area contributed by atoms with E-state index in [2.05, 4.69) is 5.32 Å². The maximum absolute atomic E-state index is 13.4. The van der Waals surface area contributed by atoms with Gasteiger partial charge in [0.25, 0.3) is 10.0 Å². The molecule has 2 aromatic carbocycles. The van der Waals surface area contributed by atoms with Crippen LogP contribution in [0.2, 0.25) is 0 Å². The van der Waals surface area contributed by atoms with Gasteiger partial charge in [0, 0.05) is 12.7 Å². The predicted molar refractivity (Wildman–Crippen MR) is 107 cm³/mol. The van der Waals surface area contributed by atoms with Gasteiger partial charge < -0.3 is 10.4 Å². The van der Waals surface area contributed by atoms with Crippen LogP contribution in [0.1, 0.15) is 25.0 Å². The van der Waals surface area contributed by atoms with Crippen molar-refractivity contribution in [2.45, 2.75) is 30.9 Å². The van der Waals surface area contributed by atoms with Crippen LogP contribution in [0.4, 0.5) is 0 Å². The summed E-state index contributed by atoms with van der Waals surface area (Å²) in [5.74, 6) is 0. The molecule has 0 unspecified atom stereocenters. The maximum Gasteiger partial charge on any atom is 0.268 e. The van der Waals surface area contributed by atoms with Crippen molar-refractivity contribution in [3.63, 3.8) is 0 Å². The van der Waals surface area contributed by atoms with E-state index < -0.39 is 15.6 Å². The summed E-state index contributed by atoms with van der Waals surface area (Å²) in [6, 6.07) is 17.8. The van der Waals surface area contributed by atoms with Gasteiger partial charge in [-0.3, -0.25) is 0 Å². The normalized spacial score (nSPS) is 12.3. The standard InChI is InChI=1S/C21H24N2O3S/c1-21(2,24)18-10-7-11-19(13-18)27(25,26)23-15-16(14-22-3)12-20(23)17-8-5-4-6-9-17/h4-13,15,22,24H,14H2,1-3H3. The van der Waals surface area contributed by atoms with Gasteiger partial charge in [-0.25, -0.2) is 12.4 Å². The van der Waals surface area contributed by atoms with Gasteiger partial charge in [0.15, 0.2) is 0 Å². The molecule has 0 fully saturated rings. The molecule has 27 heavy (non-hydrogen) atoms. The number of aliphatic hydroxyl groups is 1.